The molecule has 0 radical (unpaired) electrons. The summed E-state index contributed by atoms with van der Waals surface area (Å²) in [5.74, 6) is -1.30. The number of benzene rings is 2. The Bertz CT molecular complexity index is 849. The largest absolute Gasteiger partial charge is 0.461 e. The zero-order valence-electron chi connectivity index (χ0n) is 14.6. The summed E-state index contributed by atoms with van der Waals surface area (Å²) < 4.78 is 54.3. The fourth-order valence-corrected chi connectivity index (χ4v) is 2.35. The summed E-state index contributed by atoms with van der Waals surface area (Å²) in [7, 11) is 0. The molecule has 0 saturated heterocycles. The van der Waals surface area contributed by atoms with E-state index in [4.69, 9.17) is 12.2 Å². The number of aryl methyl sites for hydroxylation is 1. The first kappa shape index (κ1) is 21.4. The maximum absolute atomic E-state index is 13.0. The third-order valence-electron chi connectivity index (χ3n) is 3.54. The van der Waals surface area contributed by atoms with Crippen molar-refractivity contribution in [3.63, 3.8) is 0 Å². The number of amides is 1. The van der Waals surface area contributed by atoms with Crippen LogP contribution in [-0.4, -0.2) is 23.6 Å². The van der Waals surface area contributed by atoms with Crippen molar-refractivity contribution < 1.29 is 27.1 Å². The van der Waals surface area contributed by atoms with E-state index in [1.807, 2.05) is 31.2 Å². The Balaban J connectivity index is 1.96. The SMILES string of the molecule is CCc1ccccc1NC(=S)NNC(=O)c1cccc(OC(F)(F)C(F)F)c1. The number of alkyl halides is 4. The maximum Gasteiger partial charge on any atom is 0.461 e. The van der Waals surface area contributed by atoms with Gasteiger partial charge in [0.1, 0.15) is 5.75 Å². The molecule has 0 spiro atoms. The van der Waals surface area contributed by atoms with Crippen LogP contribution in [-0.2, 0) is 6.42 Å². The van der Waals surface area contributed by atoms with Crippen LogP contribution in [0.4, 0.5) is 23.2 Å². The highest BCUT2D eigenvalue weighted by Crippen LogP contribution is 2.27. The Kier molecular flexibility index (Phi) is 7.16. The molecule has 0 aliphatic rings. The summed E-state index contributed by atoms with van der Waals surface area (Å²) in [6.45, 7) is 1.98. The van der Waals surface area contributed by atoms with Crippen LogP contribution in [0.5, 0.6) is 5.75 Å². The van der Waals surface area contributed by atoms with Crippen molar-refractivity contribution in [1.29, 1.82) is 0 Å². The number of hydrazine groups is 1. The lowest BCUT2D eigenvalue weighted by Gasteiger charge is -2.17. The fraction of sp³-hybridized carbons (Fsp3) is 0.222. The Hall–Kier alpha value is -2.88. The van der Waals surface area contributed by atoms with Crippen LogP contribution in [0.2, 0.25) is 0 Å². The minimum Gasteiger partial charge on any atom is -0.428 e. The van der Waals surface area contributed by atoms with Crippen LogP contribution in [0.3, 0.4) is 0 Å². The molecule has 0 aromatic heterocycles. The molecule has 10 heteroatoms. The topological polar surface area (TPSA) is 62.4 Å². The van der Waals surface area contributed by atoms with E-state index in [-0.39, 0.29) is 10.7 Å². The number of ether oxygens (including phenoxy) is 1. The van der Waals surface area contributed by atoms with Gasteiger partial charge in [0.15, 0.2) is 5.11 Å². The lowest BCUT2D eigenvalue weighted by Crippen LogP contribution is -2.43. The van der Waals surface area contributed by atoms with E-state index in [9.17, 15) is 22.4 Å². The van der Waals surface area contributed by atoms with Gasteiger partial charge >= 0.3 is 12.5 Å². The molecule has 0 aliphatic carbocycles. The first-order valence-electron chi connectivity index (χ1n) is 8.13. The van der Waals surface area contributed by atoms with Crippen LogP contribution in [0, 0.1) is 0 Å². The van der Waals surface area contributed by atoms with E-state index in [0.29, 0.717) is 0 Å². The van der Waals surface area contributed by atoms with Crippen LogP contribution < -0.4 is 20.9 Å². The molecule has 2 aromatic rings. The first-order valence-corrected chi connectivity index (χ1v) is 8.54. The van der Waals surface area contributed by atoms with Gasteiger partial charge in [0.2, 0.25) is 0 Å². The van der Waals surface area contributed by atoms with Crippen LogP contribution in [0.1, 0.15) is 22.8 Å². The van der Waals surface area contributed by atoms with Gasteiger partial charge in [-0.05, 0) is 48.5 Å². The van der Waals surface area contributed by atoms with Gasteiger partial charge in [0.25, 0.3) is 5.91 Å². The number of carbonyl (C=O) groups is 1. The molecule has 0 aliphatic heterocycles. The van der Waals surface area contributed by atoms with Gasteiger partial charge in [-0.25, -0.2) is 0 Å². The molecule has 150 valence electrons. The Labute approximate surface area is 164 Å². The number of thiocarbonyl (C=S) groups is 1. The Morgan fingerprint density at radius 3 is 2.54 bits per heavy atom. The third-order valence-corrected chi connectivity index (χ3v) is 3.74. The summed E-state index contributed by atoms with van der Waals surface area (Å²) in [5.41, 5.74) is 6.45. The lowest BCUT2D eigenvalue weighted by molar-refractivity contribution is -0.253. The first-order chi connectivity index (χ1) is 13.2. The van der Waals surface area contributed by atoms with Crippen molar-refractivity contribution in [2.75, 3.05) is 5.32 Å². The number of carbonyl (C=O) groups excluding carboxylic acids is 1. The highest BCUT2D eigenvalue weighted by atomic mass is 32.1. The lowest BCUT2D eigenvalue weighted by atomic mass is 10.1. The quantitative estimate of drug-likeness (QED) is 0.377. The summed E-state index contributed by atoms with van der Waals surface area (Å²) in [4.78, 5) is 12.1. The van der Waals surface area contributed by atoms with Crippen molar-refractivity contribution in [2.45, 2.75) is 25.9 Å². The average molecular weight is 415 g/mol. The van der Waals surface area contributed by atoms with Crippen molar-refractivity contribution >= 4 is 28.9 Å². The van der Waals surface area contributed by atoms with Crippen molar-refractivity contribution in [1.82, 2.24) is 10.9 Å². The highest BCUT2D eigenvalue weighted by Gasteiger charge is 2.44. The zero-order chi connectivity index (χ0) is 20.7. The van der Waals surface area contributed by atoms with E-state index in [1.165, 1.54) is 12.1 Å². The molecule has 1 amide bonds. The van der Waals surface area contributed by atoms with Crippen molar-refractivity contribution in [2.24, 2.45) is 0 Å². The van der Waals surface area contributed by atoms with Gasteiger partial charge in [0.05, 0.1) is 0 Å². The zero-order valence-corrected chi connectivity index (χ0v) is 15.5. The molecule has 5 nitrogen and oxygen atoms in total. The van der Waals surface area contributed by atoms with E-state index in [2.05, 4.69) is 20.9 Å². The Morgan fingerprint density at radius 1 is 1.14 bits per heavy atom. The van der Waals surface area contributed by atoms with E-state index in [1.54, 1.807) is 0 Å². The highest BCUT2D eigenvalue weighted by molar-refractivity contribution is 7.80. The number of hydrogen-bond acceptors (Lipinski definition) is 3. The number of hydrogen-bond donors (Lipinski definition) is 3. The van der Waals surface area contributed by atoms with E-state index < -0.39 is 24.2 Å². The second-order valence-corrected chi connectivity index (χ2v) is 5.94. The van der Waals surface area contributed by atoms with Crippen LogP contribution >= 0.6 is 12.2 Å². The molecule has 0 atom stereocenters. The second-order valence-electron chi connectivity index (χ2n) is 5.54. The number of nitrogens with one attached hydrogen (secondary N) is 3. The Morgan fingerprint density at radius 2 is 1.86 bits per heavy atom. The molecule has 2 rings (SSSR count). The van der Waals surface area contributed by atoms with Crippen LogP contribution in [0.15, 0.2) is 48.5 Å². The molecule has 2 aromatic carbocycles. The van der Waals surface area contributed by atoms with Crippen LogP contribution in [0.25, 0.3) is 0 Å². The number of rotatable bonds is 6. The molecular formula is C18H17F4N3O2S. The standard InChI is InChI=1S/C18H17F4N3O2S/c1-2-11-6-3-4-9-14(11)23-17(28)25-24-15(26)12-7-5-8-13(10-12)27-18(21,22)16(19)20/h3-10,16H,2H2,1H3,(H,24,26)(H2,23,25,28). The number of para-hydroxylation sites is 1. The molecule has 3 N–H and O–H groups in total. The van der Waals surface area contributed by atoms with E-state index in [0.717, 1.165) is 29.8 Å². The average Bonchev–Trinajstić information content (AvgIpc) is 2.66. The molecule has 0 heterocycles. The monoisotopic (exact) mass is 415 g/mol. The van der Waals surface area contributed by atoms with Gasteiger partial charge in [-0.15, -0.1) is 0 Å². The second kappa shape index (κ2) is 9.36. The third kappa shape index (κ3) is 5.81. The minimum atomic E-state index is -4.66. The summed E-state index contributed by atoms with van der Waals surface area (Å²) in [5, 5.41) is 3.02. The molecule has 0 unspecified atom stereocenters. The fourth-order valence-electron chi connectivity index (χ4n) is 2.19. The molecule has 0 saturated carbocycles. The number of anilines is 1. The maximum atomic E-state index is 13.0. The van der Waals surface area contributed by atoms with Gasteiger partial charge in [0, 0.05) is 11.3 Å². The predicted octanol–water partition coefficient (Wildman–Crippen LogP) is 4.12. The molecular weight excluding hydrogens is 398 g/mol. The summed E-state index contributed by atoms with van der Waals surface area (Å²) in [6, 6.07) is 11.9. The van der Waals surface area contributed by atoms with Crippen molar-refractivity contribution in [3.8, 4) is 5.75 Å². The molecule has 0 bridgehead atoms. The smallest absolute Gasteiger partial charge is 0.428 e. The van der Waals surface area contributed by atoms with Gasteiger partial charge in [-0.2, -0.15) is 17.6 Å². The molecule has 0 fully saturated rings. The summed E-state index contributed by atoms with van der Waals surface area (Å²) in [6.07, 6.45) is -7.89. The van der Waals surface area contributed by atoms with E-state index >= 15 is 0 Å². The normalized spacial score (nSPS) is 11.1. The predicted molar refractivity (Wildman–Crippen MR) is 101 cm³/mol. The summed E-state index contributed by atoms with van der Waals surface area (Å²) >= 11 is 5.09. The van der Waals surface area contributed by atoms with Gasteiger partial charge in [-0.3, -0.25) is 15.6 Å². The van der Waals surface area contributed by atoms with Gasteiger partial charge in [-0.1, -0.05) is 31.2 Å². The molecule has 28 heavy (non-hydrogen) atoms. The van der Waals surface area contributed by atoms with Gasteiger partial charge < -0.3 is 10.1 Å². The van der Waals surface area contributed by atoms with Crippen molar-refractivity contribution in [3.05, 3.63) is 59.7 Å². The minimum absolute atomic E-state index is 0.0909. The number of halogens is 4.